The molecule has 1 unspecified atom stereocenters. The summed E-state index contributed by atoms with van der Waals surface area (Å²) < 4.78 is 5.87. The summed E-state index contributed by atoms with van der Waals surface area (Å²) in [4.78, 5) is 0. The summed E-state index contributed by atoms with van der Waals surface area (Å²) in [7, 11) is 0. The average Bonchev–Trinajstić information content (AvgIpc) is 2.65. The van der Waals surface area contributed by atoms with Crippen LogP contribution in [0.5, 0.6) is 0 Å². The monoisotopic (exact) mass is 284 g/mol. The minimum Gasteiger partial charge on any atom is -0.457 e. The van der Waals surface area contributed by atoms with E-state index in [4.69, 9.17) is 16.0 Å². The van der Waals surface area contributed by atoms with Gasteiger partial charge in [-0.2, -0.15) is 0 Å². The molecule has 0 saturated carbocycles. The van der Waals surface area contributed by atoms with Gasteiger partial charge in [0, 0.05) is 5.56 Å². The number of aryl methyl sites for hydroxylation is 1. The Bertz CT molecular complexity index is 447. The number of benzene rings is 1. The van der Waals surface area contributed by atoms with Crippen LogP contribution in [0.2, 0.25) is 0 Å². The van der Waals surface area contributed by atoms with Gasteiger partial charge >= 0.3 is 0 Å². The van der Waals surface area contributed by atoms with Crippen molar-refractivity contribution in [3.05, 3.63) is 58.0 Å². The Morgan fingerprint density at radius 3 is 2.40 bits per heavy atom. The highest BCUT2D eigenvalue weighted by atomic mass is 79.9. The van der Waals surface area contributed by atoms with E-state index in [1.54, 1.807) is 6.26 Å². The maximum atomic E-state index is 6.32. The maximum Gasteiger partial charge on any atom is 0.169 e. The molecule has 1 aromatic carbocycles. The van der Waals surface area contributed by atoms with Gasteiger partial charge in [-0.25, -0.2) is 0 Å². The van der Waals surface area contributed by atoms with Crippen molar-refractivity contribution in [2.24, 2.45) is 0 Å². The molecule has 0 fully saturated rings. The van der Waals surface area contributed by atoms with Crippen molar-refractivity contribution in [3.8, 4) is 0 Å². The molecule has 1 heterocycles. The zero-order chi connectivity index (χ0) is 10.8. The summed E-state index contributed by atoms with van der Waals surface area (Å²) in [6.07, 6.45) is 1.67. The van der Waals surface area contributed by atoms with Gasteiger partial charge in [0.2, 0.25) is 0 Å². The Hall–Kier alpha value is -0.730. The van der Waals surface area contributed by atoms with Crippen molar-refractivity contribution < 1.29 is 4.42 Å². The molecule has 0 saturated heterocycles. The first-order valence-electron chi connectivity index (χ1n) is 4.61. The Morgan fingerprint density at radius 1 is 1.20 bits per heavy atom. The average molecular weight is 286 g/mol. The number of hydrogen-bond donors (Lipinski definition) is 0. The van der Waals surface area contributed by atoms with E-state index in [-0.39, 0.29) is 5.38 Å². The molecular weight excluding hydrogens is 275 g/mol. The van der Waals surface area contributed by atoms with Gasteiger partial charge in [-0.1, -0.05) is 29.8 Å². The molecule has 1 aromatic heterocycles. The van der Waals surface area contributed by atoms with Gasteiger partial charge in [-0.3, -0.25) is 0 Å². The summed E-state index contributed by atoms with van der Waals surface area (Å²) in [5.41, 5.74) is 3.28. The Balaban J connectivity index is 2.28. The lowest BCUT2D eigenvalue weighted by Crippen LogP contribution is -1.90. The number of rotatable bonds is 2. The first kappa shape index (κ1) is 10.8. The minimum atomic E-state index is -0.152. The Morgan fingerprint density at radius 2 is 1.87 bits per heavy atom. The summed E-state index contributed by atoms with van der Waals surface area (Å²) in [5.74, 6) is 0. The first-order chi connectivity index (χ1) is 7.16. The van der Waals surface area contributed by atoms with Crippen molar-refractivity contribution in [3.63, 3.8) is 0 Å². The fourth-order valence-corrected chi connectivity index (χ4v) is 2.00. The van der Waals surface area contributed by atoms with E-state index in [1.165, 1.54) is 5.56 Å². The van der Waals surface area contributed by atoms with Gasteiger partial charge in [-0.05, 0) is 34.5 Å². The number of alkyl halides is 1. The molecule has 3 heteroatoms. The van der Waals surface area contributed by atoms with Gasteiger partial charge in [0.05, 0.1) is 11.6 Å². The standard InChI is InChI=1S/C12H10BrClO/c1-8-2-4-9(5-3-8)12(14)10-6-11(13)15-7-10/h2-7,12H,1H3. The highest BCUT2D eigenvalue weighted by Gasteiger charge is 2.12. The highest BCUT2D eigenvalue weighted by molar-refractivity contribution is 9.10. The molecule has 0 amide bonds. The van der Waals surface area contributed by atoms with Crippen LogP contribution in [-0.2, 0) is 0 Å². The summed E-state index contributed by atoms with van der Waals surface area (Å²) in [6.45, 7) is 2.06. The fourth-order valence-electron chi connectivity index (χ4n) is 1.38. The first-order valence-corrected chi connectivity index (χ1v) is 5.84. The van der Waals surface area contributed by atoms with Crippen molar-refractivity contribution in [1.29, 1.82) is 0 Å². The van der Waals surface area contributed by atoms with Crippen LogP contribution in [0, 0.1) is 6.92 Å². The third kappa shape index (κ3) is 2.44. The second-order valence-corrected chi connectivity index (χ2v) is 4.68. The van der Waals surface area contributed by atoms with Crippen LogP contribution in [0.3, 0.4) is 0 Å². The van der Waals surface area contributed by atoms with Crippen LogP contribution in [-0.4, -0.2) is 0 Å². The van der Waals surface area contributed by atoms with Gasteiger partial charge in [0.1, 0.15) is 0 Å². The van der Waals surface area contributed by atoms with E-state index in [2.05, 4.69) is 35.0 Å². The summed E-state index contributed by atoms with van der Waals surface area (Å²) in [6, 6.07) is 10.1. The fraction of sp³-hybridized carbons (Fsp3) is 0.167. The zero-order valence-corrected chi connectivity index (χ0v) is 10.5. The molecule has 0 radical (unpaired) electrons. The van der Waals surface area contributed by atoms with Gasteiger partial charge in [0.25, 0.3) is 0 Å². The molecule has 2 aromatic rings. The molecule has 0 aliphatic carbocycles. The lowest BCUT2D eigenvalue weighted by atomic mass is 10.1. The predicted octanol–water partition coefficient (Wildman–Crippen LogP) is 4.68. The minimum absolute atomic E-state index is 0.152. The third-order valence-electron chi connectivity index (χ3n) is 2.25. The van der Waals surface area contributed by atoms with Crippen molar-refractivity contribution in [2.75, 3.05) is 0 Å². The third-order valence-corrected chi connectivity index (χ3v) is 3.17. The lowest BCUT2D eigenvalue weighted by Gasteiger charge is -2.07. The molecule has 1 atom stereocenters. The van der Waals surface area contributed by atoms with E-state index >= 15 is 0 Å². The number of furan rings is 1. The number of hydrogen-bond acceptors (Lipinski definition) is 1. The van der Waals surface area contributed by atoms with Crippen LogP contribution in [0.25, 0.3) is 0 Å². The predicted molar refractivity (Wildman–Crippen MR) is 65.3 cm³/mol. The Kier molecular flexibility index (Phi) is 3.17. The van der Waals surface area contributed by atoms with Crippen LogP contribution < -0.4 is 0 Å². The van der Waals surface area contributed by atoms with Crippen LogP contribution >= 0.6 is 27.5 Å². The van der Waals surface area contributed by atoms with Crippen LogP contribution in [0.1, 0.15) is 22.1 Å². The van der Waals surface area contributed by atoms with Crippen molar-refractivity contribution in [2.45, 2.75) is 12.3 Å². The SMILES string of the molecule is Cc1ccc(C(Cl)c2coc(Br)c2)cc1. The van der Waals surface area contributed by atoms with Crippen LogP contribution in [0.4, 0.5) is 0 Å². The topological polar surface area (TPSA) is 13.1 Å². The van der Waals surface area contributed by atoms with Gasteiger partial charge in [0.15, 0.2) is 4.67 Å². The molecule has 0 aliphatic rings. The van der Waals surface area contributed by atoms with Gasteiger partial charge in [-0.15, -0.1) is 11.6 Å². The summed E-state index contributed by atoms with van der Waals surface area (Å²) >= 11 is 9.58. The summed E-state index contributed by atoms with van der Waals surface area (Å²) in [5, 5.41) is -0.152. The van der Waals surface area contributed by atoms with E-state index < -0.39 is 0 Å². The molecule has 78 valence electrons. The molecule has 15 heavy (non-hydrogen) atoms. The molecule has 0 N–H and O–H groups in total. The second-order valence-electron chi connectivity index (χ2n) is 3.46. The van der Waals surface area contributed by atoms with E-state index in [9.17, 15) is 0 Å². The quantitative estimate of drug-likeness (QED) is 0.730. The highest BCUT2D eigenvalue weighted by Crippen LogP contribution is 2.31. The molecule has 0 spiro atoms. The van der Waals surface area contributed by atoms with E-state index in [0.717, 1.165) is 11.1 Å². The molecule has 1 nitrogen and oxygen atoms in total. The second kappa shape index (κ2) is 4.42. The smallest absolute Gasteiger partial charge is 0.169 e. The largest absolute Gasteiger partial charge is 0.457 e. The van der Waals surface area contributed by atoms with Crippen molar-refractivity contribution in [1.82, 2.24) is 0 Å². The Labute approximate surface area is 102 Å². The normalized spacial score (nSPS) is 12.7. The van der Waals surface area contributed by atoms with Gasteiger partial charge < -0.3 is 4.42 Å². The van der Waals surface area contributed by atoms with E-state index in [1.807, 2.05) is 18.2 Å². The number of halogens is 2. The van der Waals surface area contributed by atoms with Crippen molar-refractivity contribution >= 4 is 27.5 Å². The maximum absolute atomic E-state index is 6.32. The van der Waals surface area contributed by atoms with E-state index in [0.29, 0.717) is 4.67 Å². The molecule has 0 bridgehead atoms. The molecule has 2 rings (SSSR count). The van der Waals surface area contributed by atoms with Crippen LogP contribution in [0.15, 0.2) is 45.7 Å². The molecule has 0 aliphatic heterocycles. The zero-order valence-electron chi connectivity index (χ0n) is 8.21. The lowest BCUT2D eigenvalue weighted by molar-refractivity contribution is 0.539. The molecular formula is C12H10BrClO.